The van der Waals surface area contributed by atoms with E-state index < -0.39 is 9.84 Å². The fourth-order valence-electron chi connectivity index (χ4n) is 3.50. The monoisotopic (exact) mass is 449 g/mol. The van der Waals surface area contributed by atoms with Crippen LogP contribution in [0.25, 0.3) is 6.08 Å². The van der Waals surface area contributed by atoms with E-state index in [2.05, 4.69) is 5.32 Å². The summed E-state index contributed by atoms with van der Waals surface area (Å²) in [5.74, 6) is -0.299. The number of aryl methyl sites for hydroxylation is 3. The van der Waals surface area contributed by atoms with E-state index in [1.54, 1.807) is 18.2 Å². The van der Waals surface area contributed by atoms with Crippen LogP contribution in [0.5, 0.6) is 0 Å². The molecule has 3 aromatic carbocycles. The fourth-order valence-corrected chi connectivity index (χ4v) is 6.00. The minimum atomic E-state index is -3.55. The van der Waals surface area contributed by atoms with Crippen molar-refractivity contribution in [3.63, 3.8) is 0 Å². The molecule has 0 spiro atoms. The van der Waals surface area contributed by atoms with E-state index in [4.69, 9.17) is 0 Å². The Labute approximate surface area is 187 Å². The molecule has 1 aliphatic rings. The van der Waals surface area contributed by atoms with Crippen molar-refractivity contribution in [1.29, 1.82) is 0 Å². The van der Waals surface area contributed by atoms with Crippen molar-refractivity contribution in [1.82, 2.24) is 0 Å². The molecule has 0 bridgehead atoms. The van der Waals surface area contributed by atoms with Gasteiger partial charge in [0.2, 0.25) is 0 Å². The molecule has 0 aromatic heterocycles. The maximum Gasteiger partial charge on any atom is 0.262 e. The summed E-state index contributed by atoms with van der Waals surface area (Å²) in [5.41, 5.74) is 5.36. The van der Waals surface area contributed by atoms with Gasteiger partial charge in [-0.25, -0.2) is 8.42 Å². The largest absolute Gasteiger partial charge is 0.320 e. The predicted octanol–water partition coefficient (Wildman–Crippen LogP) is 5.67. The van der Waals surface area contributed by atoms with Crippen LogP contribution in [0.15, 0.2) is 75.4 Å². The van der Waals surface area contributed by atoms with Gasteiger partial charge in [0.25, 0.3) is 5.91 Å². The van der Waals surface area contributed by atoms with Crippen molar-refractivity contribution in [3.8, 4) is 0 Å². The second-order valence-corrected chi connectivity index (χ2v) is 10.8. The zero-order valence-electron chi connectivity index (χ0n) is 17.6. The third-order valence-corrected chi connectivity index (χ3v) is 8.10. The molecule has 0 atom stereocenters. The predicted molar refractivity (Wildman–Crippen MR) is 127 cm³/mol. The van der Waals surface area contributed by atoms with Crippen LogP contribution < -0.4 is 5.32 Å². The molecule has 0 saturated heterocycles. The van der Waals surface area contributed by atoms with Gasteiger partial charge in [0.15, 0.2) is 9.84 Å². The van der Waals surface area contributed by atoms with Crippen LogP contribution in [0, 0.1) is 20.8 Å². The van der Waals surface area contributed by atoms with Gasteiger partial charge < -0.3 is 5.32 Å². The molecule has 4 rings (SSSR count). The van der Waals surface area contributed by atoms with E-state index in [0.717, 1.165) is 32.7 Å². The highest BCUT2D eigenvalue weighted by Gasteiger charge is 2.24. The summed E-state index contributed by atoms with van der Waals surface area (Å²) in [6.45, 7) is 5.86. The Kier molecular flexibility index (Phi) is 5.77. The number of nitrogens with one attached hydrogen (secondary N) is 1. The SMILES string of the molecule is Cc1ccc(/C=C2\Sc3ccc(S(=O)(=O)Cc4c(C)cccc4C)cc3NC2=O)cc1. The first-order valence-electron chi connectivity index (χ1n) is 9.92. The summed E-state index contributed by atoms with van der Waals surface area (Å²) >= 11 is 1.35. The second kappa shape index (κ2) is 8.36. The summed E-state index contributed by atoms with van der Waals surface area (Å²) in [5, 5.41) is 2.85. The quantitative estimate of drug-likeness (QED) is 0.521. The average molecular weight is 450 g/mol. The number of rotatable bonds is 4. The molecule has 0 saturated carbocycles. The fraction of sp³-hybridized carbons (Fsp3) is 0.160. The summed E-state index contributed by atoms with van der Waals surface area (Å²) in [7, 11) is -3.55. The van der Waals surface area contributed by atoms with Crippen LogP contribution in [-0.2, 0) is 20.4 Å². The van der Waals surface area contributed by atoms with Crippen LogP contribution in [0.1, 0.15) is 27.8 Å². The lowest BCUT2D eigenvalue weighted by molar-refractivity contribution is -0.112. The number of carbonyl (C=O) groups excluding carboxylic acids is 1. The lowest BCUT2D eigenvalue weighted by Crippen LogP contribution is -2.18. The standard InChI is InChI=1S/C25H23NO3S2/c1-16-7-9-19(10-8-16)13-24-25(27)26-22-14-20(11-12-23(22)30-24)31(28,29)15-21-17(2)5-4-6-18(21)3/h4-14H,15H2,1-3H3,(H,26,27)/b24-13-. The third-order valence-electron chi connectivity index (χ3n) is 5.36. The lowest BCUT2D eigenvalue weighted by Gasteiger charge is -2.20. The first-order chi connectivity index (χ1) is 14.7. The molecule has 3 aromatic rings. The first kappa shape index (κ1) is 21.4. The van der Waals surface area contributed by atoms with Crippen molar-refractivity contribution in [2.45, 2.75) is 36.3 Å². The Morgan fingerprint density at radius 3 is 2.29 bits per heavy atom. The minimum absolute atomic E-state index is 0.0655. The number of carbonyl (C=O) groups is 1. The first-order valence-corrected chi connectivity index (χ1v) is 12.4. The van der Waals surface area contributed by atoms with Gasteiger partial charge in [0, 0.05) is 4.90 Å². The Bertz CT molecular complexity index is 1290. The molecule has 0 fully saturated rings. The van der Waals surface area contributed by atoms with Gasteiger partial charge in [-0.2, -0.15) is 0 Å². The van der Waals surface area contributed by atoms with Gasteiger partial charge in [-0.05, 0) is 67.3 Å². The molecule has 6 heteroatoms. The normalized spacial score (nSPS) is 14.9. The number of hydrogen-bond donors (Lipinski definition) is 1. The number of fused-ring (bicyclic) bond motifs is 1. The van der Waals surface area contributed by atoms with Crippen LogP contribution in [-0.4, -0.2) is 14.3 Å². The van der Waals surface area contributed by atoms with E-state index in [1.165, 1.54) is 11.8 Å². The Balaban J connectivity index is 1.62. The van der Waals surface area contributed by atoms with Crippen LogP contribution >= 0.6 is 11.8 Å². The molecule has 4 nitrogen and oxygen atoms in total. The summed E-state index contributed by atoms with van der Waals surface area (Å²) < 4.78 is 26.2. The number of anilines is 1. The number of amides is 1. The molecule has 1 heterocycles. The molecule has 1 N–H and O–H groups in total. The average Bonchev–Trinajstić information content (AvgIpc) is 2.72. The summed E-state index contributed by atoms with van der Waals surface area (Å²) in [6, 6.07) is 18.6. The molecule has 0 radical (unpaired) electrons. The van der Waals surface area contributed by atoms with Crippen LogP contribution in [0.4, 0.5) is 5.69 Å². The van der Waals surface area contributed by atoms with Crippen molar-refractivity contribution in [2.24, 2.45) is 0 Å². The van der Waals surface area contributed by atoms with E-state index in [0.29, 0.717) is 10.6 Å². The molecular formula is C25H23NO3S2. The number of thioether (sulfide) groups is 1. The molecular weight excluding hydrogens is 426 g/mol. The minimum Gasteiger partial charge on any atom is -0.320 e. The second-order valence-electron chi connectivity index (χ2n) is 7.76. The third kappa shape index (κ3) is 4.60. The maximum absolute atomic E-state index is 13.1. The smallest absolute Gasteiger partial charge is 0.262 e. The van der Waals surface area contributed by atoms with Gasteiger partial charge in [0.1, 0.15) is 0 Å². The highest BCUT2D eigenvalue weighted by Crippen LogP contribution is 2.40. The van der Waals surface area contributed by atoms with Gasteiger partial charge >= 0.3 is 0 Å². The van der Waals surface area contributed by atoms with Crippen molar-refractivity contribution >= 4 is 39.3 Å². The number of benzene rings is 3. The van der Waals surface area contributed by atoms with Crippen molar-refractivity contribution in [3.05, 3.63) is 93.4 Å². The molecule has 158 valence electrons. The highest BCUT2D eigenvalue weighted by molar-refractivity contribution is 8.04. The van der Waals surface area contributed by atoms with E-state index in [1.807, 2.05) is 69.3 Å². The van der Waals surface area contributed by atoms with Crippen molar-refractivity contribution in [2.75, 3.05) is 5.32 Å². The molecule has 0 aliphatic carbocycles. The Morgan fingerprint density at radius 2 is 1.61 bits per heavy atom. The highest BCUT2D eigenvalue weighted by atomic mass is 32.2. The molecule has 31 heavy (non-hydrogen) atoms. The Morgan fingerprint density at radius 1 is 0.935 bits per heavy atom. The van der Waals surface area contributed by atoms with Gasteiger partial charge in [0.05, 0.1) is 21.2 Å². The molecule has 0 unspecified atom stereocenters. The maximum atomic E-state index is 13.1. The number of sulfone groups is 1. The van der Waals surface area contributed by atoms with Gasteiger partial charge in [-0.15, -0.1) is 0 Å². The summed E-state index contributed by atoms with van der Waals surface area (Å²) in [4.78, 5) is 14.2. The summed E-state index contributed by atoms with van der Waals surface area (Å²) in [6.07, 6.45) is 1.84. The Hall–Kier alpha value is -2.83. The van der Waals surface area contributed by atoms with Gasteiger partial charge in [-0.3, -0.25) is 4.79 Å². The van der Waals surface area contributed by atoms with E-state index in [9.17, 15) is 13.2 Å². The zero-order valence-corrected chi connectivity index (χ0v) is 19.2. The molecule has 1 amide bonds. The van der Waals surface area contributed by atoms with Crippen molar-refractivity contribution < 1.29 is 13.2 Å². The zero-order chi connectivity index (χ0) is 22.2. The van der Waals surface area contributed by atoms with Crippen LogP contribution in [0.3, 0.4) is 0 Å². The van der Waals surface area contributed by atoms with E-state index in [-0.39, 0.29) is 16.6 Å². The lowest BCUT2D eigenvalue weighted by atomic mass is 10.1. The molecule has 1 aliphatic heterocycles. The number of hydrogen-bond acceptors (Lipinski definition) is 4. The van der Waals surface area contributed by atoms with Crippen LogP contribution in [0.2, 0.25) is 0 Å². The topological polar surface area (TPSA) is 63.2 Å². The van der Waals surface area contributed by atoms with Gasteiger partial charge in [-0.1, -0.05) is 59.8 Å². The van der Waals surface area contributed by atoms with E-state index >= 15 is 0 Å².